The summed E-state index contributed by atoms with van der Waals surface area (Å²) in [7, 11) is 0. The second-order valence-electron chi connectivity index (χ2n) is 5.92. The summed E-state index contributed by atoms with van der Waals surface area (Å²) >= 11 is 0. The number of aromatic nitrogens is 3. The van der Waals surface area contributed by atoms with E-state index in [0.29, 0.717) is 23.2 Å². The lowest BCUT2D eigenvalue weighted by Gasteiger charge is -2.13. The van der Waals surface area contributed by atoms with Gasteiger partial charge in [-0.1, -0.05) is 24.3 Å². The van der Waals surface area contributed by atoms with Crippen molar-refractivity contribution in [1.29, 1.82) is 0 Å². The van der Waals surface area contributed by atoms with Crippen molar-refractivity contribution in [3.8, 4) is 11.3 Å². The van der Waals surface area contributed by atoms with E-state index in [1.807, 2.05) is 18.3 Å². The van der Waals surface area contributed by atoms with Gasteiger partial charge in [0.1, 0.15) is 11.2 Å². The van der Waals surface area contributed by atoms with E-state index >= 15 is 0 Å². The SMILES string of the molecule is O=C(CC1c2ccccc2-c2cncn21)c1ccc2occc2n1. The smallest absolute Gasteiger partial charge is 0.183 e. The van der Waals surface area contributed by atoms with Crippen LogP contribution < -0.4 is 0 Å². The van der Waals surface area contributed by atoms with Gasteiger partial charge in [-0.2, -0.15) is 0 Å². The van der Waals surface area contributed by atoms with Crippen LogP contribution in [-0.2, 0) is 0 Å². The summed E-state index contributed by atoms with van der Waals surface area (Å²) in [4.78, 5) is 21.4. The summed E-state index contributed by atoms with van der Waals surface area (Å²) in [6.07, 6.45) is 5.58. The first kappa shape index (κ1) is 13.2. The fraction of sp³-hybridized carbons (Fsp3) is 0.105. The highest BCUT2D eigenvalue weighted by molar-refractivity contribution is 5.96. The second-order valence-corrected chi connectivity index (χ2v) is 5.92. The molecule has 0 radical (unpaired) electrons. The van der Waals surface area contributed by atoms with Crippen LogP contribution in [-0.4, -0.2) is 20.3 Å². The Morgan fingerprint density at radius 2 is 2.08 bits per heavy atom. The number of rotatable bonds is 3. The van der Waals surface area contributed by atoms with Gasteiger partial charge in [-0.25, -0.2) is 9.97 Å². The molecule has 1 aliphatic rings. The van der Waals surface area contributed by atoms with Crippen molar-refractivity contribution in [2.75, 3.05) is 0 Å². The fourth-order valence-corrected chi connectivity index (χ4v) is 3.43. The number of nitrogens with zero attached hydrogens (tertiary/aromatic N) is 3. The molecule has 0 bridgehead atoms. The molecule has 0 saturated heterocycles. The highest BCUT2D eigenvalue weighted by atomic mass is 16.3. The maximum atomic E-state index is 12.8. The average molecular weight is 315 g/mol. The van der Waals surface area contributed by atoms with Crippen LogP contribution in [0.2, 0.25) is 0 Å². The van der Waals surface area contributed by atoms with Crippen LogP contribution in [0.4, 0.5) is 0 Å². The summed E-state index contributed by atoms with van der Waals surface area (Å²) in [5, 5.41) is 0. The van der Waals surface area contributed by atoms with Crippen LogP contribution in [0.15, 0.2) is 65.7 Å². The Morgan fingerprint density at radius 1 is 1.17 bits per heavy atom. The number of furan rings is 1. The molecular weight excluding hydrogens is 302 g/mol. The molecular formula is C19H13N3O2. The second kappa shape index (κ2) is 4.89. The Kier molecular flexibility index (Phi) is 2.70. The summed E-state index contributed by atoms with van der Waals surface area (Å²) < 4.78 is 7.35. The van der Waals surface area contributed by atoms with Gasteiger partial charge >= 0.3 is 0 Å². The number of imidazole rings is 1. The number of fused-ring (bicyclic) bond motifs is 4. The third kappa shape index (κ3) is 1.84. The molecule has 4 aromatic rings. The van der Waals surface area contributed by atoms with Crippen molar-refractivity contribution in [3.63, 3.8) is 0 Å². The summed E-state index contributed by atoms with van der Waals surface area (Å²) in [6, 6.07) is 13.4. The average Bonchev–Trinajstić information content (AvgIpc) is 3.31. The number of Topliss-reactive ketones (excluding diaryl/α,β-unsaturated/α-hetero) is 1. The molecule has 1 atom stereocenters. The van der Waals surface area contributed by atoms with Crippen molar-refractivity contribution in [1.82, 2.24) is 14.5 Å². The number of carbonyl (C=O) groups excluding carboxylic acids is 1. The van der Waals surface area contributed by atoms with Crippen molar-refractivity contribution in [2.45, 2.75) is 12.5 Å². The lowest BCUT2D eigenvalue weighted by molar-refractivity contribution is 0.0966. The van der Waals surface area contributed by atoms with Crippen LogP contribution in [0.5, 0.6) is 0 Å². The molecule has 0 amide bonds. The van der Waals surface area contributed by atoms with E-state index in [9.17, 15) is 4.79 Å². The molecule has 3 aromatic heterocycles. The van der Waals surface area contributed by atoms with Gasteiger partial charge in [-0.05, 0) is 17.7 Å². The Balaban J connectivity index is 1.52. The van der Waals surface area contributed by atoms with Gasteiger partial charge < -0.3 is 8.98 Å². The predicted octanol–water partition coefficient (Wildman–Crippen LogP) is 3.87. The highest BCUT2D eigenvalue weighted by Crippen LogP contribution is 2.40. The summed E-state index contributed by atoms with van der Waals surface area (Å²) in [6.45, 7) is 0. The van der Waals surface area contributed by atoms with Gasteiger partial charge in [0.15, 0.2) is 11.4 Å². The van der Waals surface area contributed by atoms with Gasteiger partial charge in [0, 0.05) is 18.1 Å². The normalized spacial score (nSPS) is 15.4. The first-order valence-electron chi connectivity index (χ1n) is 7.80. The Labute approximate surface area is 137 Å². The predicted molar refractivity (Wildman–Crippen MR) is 88.8 cm³/mol. The van der Waals surface area contributed by atoms with Crippen LogP contribution in [0.1, 0.15) is 28.5 Å². The van der Waals surface area contributed by atoms with Gasteiger partial charge in [0.25, 0.3) is 0 Å². The molecule has 0 saturated carbocycles. The number of hydrogen-bond acceptors (Lipinski definition) is 4. The first-order chi connectivity index (χ1) is 11.8. The van der Waals surface area contributed by atoms with E-state index in [2.05, 4.69) is 26.7 Å². The zero-order valence-electron chi connectivity index (χ0n) is 12.7. The molecule has 1 aromatic carbocycles. The van der Waals surface area contributed by atoms with Crippen molar-refractivity contribution in [3.05, 3.63) is 72.5 Å². The number of hydrogen-bond donors (Lipinski definition) is 0. The number of ketones is 1. The van der Waals surface area contributed by atoms with Crippen LogP contribution >= 0.6 is 0 Å². The molecule has 116 valence electrons. The van der Waals surface area contributed by atoms with Gasteiger partial charge in [-0.3, -0.25) is 4.79 Å². The summed E-state index contributed by atoms with van der Waals surface area (Å²) in [5.74, 6) is 0.0134. The minimum Gasteiger partial charge on any atom is -0.463 e. The van der Waals surface area contributed by atoms with E-state index in [0.717, 1.165) is 16.8 Å². The lowest BCUT2D eigenvalue weighted by Crippen LogP contribution is -2.12. The number of carbonyl (C=O) groups is 1. The quantitative estimate of drug-likeness (QED) is 0.538. The maximum absolute atomic E-state index is 12.8. The van der Waals surface area contributed by atoms with Gasteiger partial charge in [0.2, 0.25) is 0 Å². The van der Waals surface area contributed by atoms with E-state index < -0.39 is 0 Å². The monoisotopic (exact) mass is 315 g/mol. The minimum atomic E-state index is -0.0342. The van der Waals surface area contributed by atoms with E-state index in [1.165, 1.54) is 0 Å². The number of benzene rings is 1. The van der Waals surface area contributed by atoms with Gasteiger partial charge in [0.05, 0.1) is 30.5 Å². The molecule has 24 heavy (non-hydrogen) atoms. The molecule has 0 N–H and O–H groups in total. The Bertz CT molecular complexity index is 1080. The molecule has 1 aliphatic heterocycles. The van der Waals surface area contributed by atoms with E-state index in [4.69, 9.17) is 4.42 Å². The van der Waals surface area contributed by atoms with Crippen molar-refractivity contribution < 1.29 is 9.21 Å². The molecule has 0 spiro atoms. The largest absolute Gasteiger partial charge is 0.463 e. The fourth-order valence-electron chi connectivity index (χ4n) is 3.43. The zero-order chi connectivity index (χ0) is 16.1. The number of pyridine rings is 1. The summed E-state index contributed by atoms with van der Waals surface area (Å²) in [5.41, 5.74) is 5.22. The van der Waals surface area contributed by atoms with Crippen LogP contribution in [0.3, 0.4) is 0 Å². The molecule has 5 rings (SSSR count). The van der Waals surface area contributed by atoms with E-state index in [1.54, 1.807) is 30.8 Å². The first-order valence-corrected chi connectivity index (χ1v) is 7.80. The standard InChI is InChI=1S/C19H13N3O2/c23-18(14-5-6-19-15(21-14)7-8-24-19)9-16-12-3-1-2-4-13(12)17-10-20-11-22(16)17/h1-8,10-11,16H,9H2. The molecule has 4 heterocycles. The molecule has 1 unspecified atom stereocenters. The van der Waals surface area contributed by atoms with E-state index in [-0.39, 0.29) is 11.8 Å². The van der Waals surface area contributed by atoms with Crippen molar-refractivity contribution in [2.24, 2.45) is 0 Å². The molecule has 0 fully saturated rings. The minimum absolute atomic E-state index is 0.0134. The maximum Gasteiger partial charge on any atom is 0.183 e. The topological polar surface area (TPSA) is 60.9 Å². The molecule has 0 aliphatic carbocycles. The third-order valence-corrected chi connectivity index (χ3v) is 4.57. The van der Waals surface area contributed by atoms with Gasteiger partial charge in [-0.15, -0.1) is 0 Å². The van der Waals surface area contributed by atoms with Crippen molar-refractivity contribution >= 4 is 16.9 Å². The highest BCUT2D eigenvalue weighted by Gasteiger charge is 2.30. The molecule has 5 nitrogen and oxygen atoms in total. The Morgan fingerprint density at radius 3 is 3.04 bits per heavy atom. The lowest BCUT2D eigenvalue weighted by atomic mass is 9.98. The van der Waals surface area contributed by atoms with Crippen LogP contribution in [0, 0.1) is 0 Å². The van der Waals surface area contributed by atoms with Crippen LogP contribution in [0.25, 0.3) is 22.4 Å². The Hall–Kier alpha value is -3.21. The zero-order valence-corrected chi connectivity index (χ0v) is 12.7. The molecule has 5 heteroatoms. The third-order valence-electron chi connectivity index (χ3n) is 4.57.